The fourth-order valence-corrected chi connectivity index (χ4v) is 3.37. The molecule has 1 atom stereocenters. The summed E-state index contributed by atoms with van der Waals surface area (Å²) in [4.78, 5) is 0. The first-order chi connectivity index (χ1) is 9.72. The standard InChI is InChI=1S/C18H29NO/c1-4-5-15-6-10-17(11-7-15)19-14(2)16-8-12-18(20-3)13-9-16/h8-9,12-15,17,19H,4-7,10-11H2,1-3H3. The number of benzene rings is 1. The van der Waals surface area contributed by atoms with Gasteiger partial charge in [-0.15, -0.1) is 0 Å². The largest absolute Gasteiger partial charge is 0.497 e. The number of nitrogens with one attached hydrogen (secondary N) is 1. The Hall–Kier alpha value is -1.02. The van der Waals surface area contributed by atoms with Crippen molar-refractivity contribution in [1.29, 1.82) is 0 Å². The molecule has 1 saturated carbocycles. The summed E-state index contributed by atoms with van der Waals surface area (Å²) >= 11 is 0. The molecule has 0 heterocycles. The van der Waals surface area contributed by atoms with Crippen LogP contribution in [0.15, 0.2) is 24.3 Å². The molecule has 0 aromatic heterocycles. The first-order valence-corrected chi connectivity index (χ1v) is 8.13. The van der Waals surface area contributed by atoms with Crippen molar-refractivity contribution in [2.24, 2.45) is 5.92 Å². The molecular formula is C18H29NO. The van der Waals surface area contributed by atoms with Crippen LogP contribution in [0.4, 0.5) is 0 Å². The Labute approximate surface area is 123 Å². The van der Waals surface area contributed by atoms with Gasteiger partial charge in [-0.2, -0.15) is 0 Å². The van der Waals surface area contributed by atoms with Crippen LogP contribution in [0, 0.1) is 5.92 Å². The van der Waals surface area contributed by atoms with Crippen molar-refractivity contribution >= 4 is 0 Å². The summed E-state index contributed by atoms with van der Waals surface area (Å²) in [5, 5.41) is 3.79. The molecule has 1 unspecified atom stereocenters. The molecule has 2 nitrogen and oxygen atoms in total. The van der Waals surface area contributed by atoms with Crippen LogP contribution in [0.5, 0.6) is 5.75 Å². The Morgan fingerprint density at radius 1 is 1.15 bits per heavy atom. The second-order valence-corrected chi connectivity index (χ2v) is 6.17. The first-order valence-electron chi connectivity index (χ1n) is 8.13. The van der Waals surface area contributed by atoms with Crippen LogP contribution < -0.4 is 10.1 Å². The molecule has 1 aliphatic rings. The summed E-state index contributed by atoms with van der Waals surface area (Å²) in [6, 6.07) is 9.55. The number of methoxy groups -OCH3 is 1. The van der Waals surface area contributed by atoms with E-state index in [1.54, 1.807) is 7.11 Å². The van der Waals surface area contributed by atoms with Crippen molar-refractivity contribution in [3.8, 4) is 5.75 Å². The average molecular weight is 275 g/mol. The summed E-state index contributed by atoms with van der Waals surface area (Å²) < 4.78 is 5.21. The smallest absolute Gasteiger partial charge is 0.118 e. The Morgan fingerprint density at radius 2 is 1.80 bits per heavy atom. The zero-order valence-corrected chi connectivity index (χ0v) is 13.2. The molecule has 1 aromatic carbocycles. The van der Waals surface area contributed by atoms with Crippen LogP contribution >= 0.6 is 0 Å². The second kappa shape index (κ2) is 7.68. The summed E-state index contributed by atoms with van der Waals surface area (Å²) in [7, 11) is 1.71. The third-order valence-corrected chi connectivity index (χ3v) is 4.65. The van der Waals surface area contributed by atoms with Crippen LogP contribution in [0.2, 0.25) is 0 Å². The third-order valence-electron chi connectivity index (χ3n) is 4.65. The van der Waals surface area contributed by atoms with Crippen LogP contribution in [-0.4, -0.2) is 13.2 Å². The maximum absolute atomic E-state index is 5.21. The van der Waals surface area contributed by atoms with Crippen molar-refractivity contribution in [2.45, 2.75) is 64.5 Å². The molecule has 1 N–H and O–H groups in total. The molecule has 1 aliphatic carbocycles. The number of hydrogen-bond acceptors (Lipinski definition) is 2. The fraction of sp³-hybridized carbons (Fsp3) is 0.667. The van der Waals surface area contributed by atoms with Gasteiger partial charge in [0, 0.05) is 12.1 Å². The quantitative estimate of drug-likeness (QED) is 0.812. The van der Waals surface area contributed by atoms with Gasteiger partial charge in [0.2, 0.25) is 0 Å². The topological polar surface area (TPSA) is 21.3 Å². The van der Waals surface area contributed by atoms with Crippen LogP contribution in [0.3, 0.4) is 0 Å². The maximum atomic E-state index is 5.21. The van der Waals surface area contributed by atoms with E-state index in [4.69, 9.17) is 4.74 Å². The lowest BCUT2D eigenvalue weighted by molar-refractivity contribution is 0.266. The lowest BCUT2D eigenvalue weighted by Crippen LogP contribution is -2.35. The number of hydrogen-bond donors (Lipinski definition) is 1. The van der Waals surface area contributed by atoms with Crippen LogP contribution in [0.1, 0.15) is 64.0 Å². The lowest BCUT2D eigenvalue weighted by Gasteiger charge is -2.31. The van der Waals surface area contributed by atoms with Crippen molar-refractivity contribution in [3.05, 3.63) is 29.8 Å². The van der Waals surface area contributed by atoms with E-state index >= 15 is 0 Å². The molecule has 20 heavy (non-hydrogen) atoms. The van der Waals surface area contributed by atoms with Gasteiger partial charge in [0.05, 0.1) is 7.11 Å². The summed E-state index contributed by atoms with van der Waals surface area (Å²) in [6.45, 7) is 4.57. The van der Waals surface area contributed by atoms with E-state index in [9.17, 15) is 0 Å². The molecule has 1 fully saturated rings. The normalized spacial score (nSPS) is 24.4. The van der Waals surface area contributed by atoms with E-state index in [0.717, 1.165) is 11.7 Å². The average Bonchev–Trinajstić information content (AvgIpc) is 2.49. The van der Waals surface area contributed by atoms with E-state index in [1.807, 2.05) is 12.1 Å². The molecule has 0 amide bonds. The van der Waals surface area contributed by atoms with E-state index < -0.39 is 0 Å². The van der Waals surface area contributed by atoms with E-state index in [-0.39, 0.29) is 0 Å². The van der Waals surface area contributed by atoms with E-state index in [2.05, 4.69) is 31.3 Å². The Balaban J connectivity index is 1.81. The highest BCUT2D eigenvalue weighted by atomic mass is 16.5. The number of rotatable bonds is 6. The van der Waals surface area contributed by atoms with Crippen molar-refractivity contribution in [1.82, 2.24) is 5.32 Å². The molecule has 0 saturated heterocycles. The van der Waals surface area contributed by atoms with Crippen molar-refractivity contribution in [3.63, 3.8) is 0 Å². The van der Waals surface area contributed by atoms with Gasteiger partial charge in [-0.1, -0.05) is 31.9 Å². The molecule has 0 aliphatic heterocycles. The van der Waals surface area contributed by atoms with Gasteiger partial charge in [-0.25, -0.2) is 0 Å². The molecular weight excluding hydrogens is 246 g/mol. The highest BCUT2D eigenvalue weighted by Gasteiger charge is 2.21. The van der Waals surface area contributed by atoms with Gasteiger partial charge in [-0.05, 0) is 56.2 Å². The molecule has 112 valence electrons. The Morgan fingerprint density at radius 3 is 2.35 bits per heavy atom. The predicted molar refractivity (Wildman–Crippen MR) is 85.2 cm³/mol. The molecule has 0 radical (unpaired) electrons. The van der Waals surface area contributed by atoms with Gasteiger partial charge < -0.3 is 10.1 Å². The second-order valence-electron chi connectivity index (χ2n) is 6.17. The van der Waals surface area contributed by atoms with Crippen molar-refractivity contribution in [2.75, 3.05) is 7.11 Å². The van der Waals surface area contributed by atoms with Gasteiger partial charge >= 0.3 is 0 Å². The Bertz CT molecular complexity index is 379. The molecule has 0 bridgehead atoms. The minimum atomic E-state index is 0.425. The highest BCUT2D eigenvalue weighted by Crippen LogP contribution is 2.29. The first kappa shape index (κ1) is 15.4. The fourth-order valence-electron chi connectivity index (χ4n) is 3.37. The number of ether oxygens (including phenoxy) is 1. The van der Waals surface area contributed by atoms with Gasteiger partial charge in [0.15, 0.2) is 0 Å². The van der Waals surface area contributed by atoms with E-state index in [0.29, 0.717) is 12.1 Å². The summed E-state index contributed by atoms with van der Waals surface area (Å²) in [5.41, 5.74) is 1.35. The highest BCUT2D eigenvalue weighted by molar-refractivity contribution is 5.28. The van der Waals surface area contributed by atoms with Crippen LogP contribution in [-0.2, 0) is 0 Å². The molecule has 2 heteroatoms. The minimum absolute atomic E-state index is 0.425. The monoisotopic (exact) mass is 275 g/mol. The summed E-state index contributed by atoms with van der Waals surface area (Å²) in [5.74, 6) is 1.91. The SMILES string of the molecule is CCCC1CCC(NC(C)c2ccc(OC)cc2)CC1. The van der Waals surface area contributed by atoms with Gasteiger partial charge in [0.25, 0.3) is 0 Å². The predicted octanol–water partition coefficient (Wildman–Crippen LogP) is 4.70. The summed E-state index contributed by atoms with van der Waals surface area (Å²) in [6.07, 6.45) is 8.24. The maximum Gasteiger partial charge on any atom is 0.118 e. The zero-order chi connectivity index (χ0) is 14.4. The van der Waals surface area contributed by atoms with Crippen molar-refractivity contribution < 1.29 is 4.74 Å². The van der Waals surface area contributed by atoms with Crippen LogP contribution in [0.25, 0.3) is 0 Å². The lowest BCUT2D eigenvalue weighted by atomic mass is 9.83. The molecule has 0 spiro atoms. The third kappa shape index (κ3) is 4.24. The van der Waals surface area contributed by atoms with Gasteiger partial charge in [0.1, 0.15) is 5.75 Å². The minimum Gasteiger partial charge on any atom is -0.497 e. The Kier molecular flexibility index (Phi) is 5.90. The molecule has 1 aromatic rings. The van der Waals surface area contributed by atoms with E-state index in [1.165, 1.54) is 44.1 Å². The van der Waals surface area contributed by atoms with Gasteiger partial charge in [-0.3, -0.25) is 0 Å². The zero-order valence-electron chi connectivity index (χ0n) is 13.2. The molecule has 2 rings (SSSR count).